The molecule has 0 unspecified atom stereocenters. The van der Waals surface area contributed by atoms with Gasteiger partial charge >= 0.3 is 5.97 Å². The van der Waals surface area contributed by atoms with E-state index in [2.05, 4.69) is 0 Å². The Labute approximate surface area is 111 Å². The molecule has 0 saturated heterocycles. The number of aliphatic hydroxyl groups is 1. The first-order valence-electron chi connectivity index (χ1n) is 4.95. The SMILES string of the molecule is O=C(N[C@H](CO)C(=O)O)c1cc([N+](=O)[O-])ccc1Cl. The van der Waals surface area contributed by atoms with Gasteiger partial charge in [0.05, 0.1) is 22.1 Å². The van der Waals surface area contributed by atoms with Crippen molar-refractivity contribution in [1.82, 2.24) is 5.32 Å². The summed E-state index contributed by atoms with van der Waals surface area (Å²) in [4.78, 5) is 32.2. The van der Waals surface area contributed by atoms with Crippen LogP contribution in [0.15, 0.2) is 18.2 Å². The zero-order chi connectivity index (χ0) is 14.6. The molecule has 1 aromatic carbocycles. The van der Waals surface area contributed by atoms with Gasteiger partial charge in [0.25, 0.3) is 11.6 Å². The molecule has 1 rings (SSSR count). The van der Waals surface area contributed by atoms with Gasteiger partial charge in [0, 0.05) is 12.1 Å². The van der Waals surface area contributed by atoms with Crippen molar-refractivity contribution < 1.29 is 24.7 Å². The van der Waals surface area contributed by atoms with Gasteiger partial charge in [-0.2, -0.15) is 0 Å². The van der Waals surface area contributed by atoms with Gasteiger partial charge < -0.3 is 15.5 Å². The van der Waals surface area contributed by atoms with E-state index in [-0.39, 0.29) is 16.3 Å². The number of aliphatic hydroxyl groups excluding tert-OH is 1. The lowest BCUT2D eigenvalue weighted by atomic mass is 10.1. The van der Waals surface area contributed by atoms with Crippen LogP contribution in [0.1, 0.15) is 10.4 Å². The number of carbonyl (C=O) groups excluding carboxylic acids is 1. The van der Waals surface area contributed by atoms with Crippen molar-refractivity contribution >= 4 is 29.2 Å². The van der Waals surface area contributed by atoms with Gasteiger partial charge in [-0.3, -0.25) is 14.9 Å². The molecule has 0 aliphatic carbocycles. The summed E-state index contributed by atoms with van der Waals surface area (Å²) in [5, 5.41) is 29.9. The third kappa shape index (κ3) is 3.63. The van der Waals surface area contributed by atoms with Crippen molar-refractivity contribution in [2.45, 2.75) is 6.04 Å². The zero-order valence-corrected chi connectivity index (χ0v) is 10.1. The summed E-state index contributed by atoms with van der Waals surface area (Å²) in [6.07, 6.45) is 0. The molecule has 1 amide bonds. The quantitative estimate of drug-likeness (QED) is 0.532. The van der Waals surface area contributed by atoms with Crippen molar-refractivity contribution in [2.75, 3.05) is 6.61 Å². The second kappa shape index (κ2) is 6.12. The van der Waals surface area contributed by atoms with Crippen LogP contribution in [0.25, 0.3) is 0 Å². The number of nitrogens with zero attached hydrogens (tertiary/aromatic N) is 1. The molecule has 0 heterocycles. The third-order valence-electron chi connectivity index (χ3n) is 2.19. The molecule has 3 N–H and O–H groups in total. The Bertz CT molecular complexity index is 533. The predicted octanol–water partition coefficient (Wildman–Crippen LogP) is 0.424. The molecule has 19 heavy (non-hydrogen) atoms. The van der Waals surface area contributed by atoms with Crippen LogP contribution in [0.3, 0.4) is 0 Å². The van der Waals surface area contributed by atoms with E-state index < -0.39 is 29.4 Å². The van der Waals surface area contributed by atoms with E-state index in [1.54, 1.807) is 0 Å². The second-order valence-corrected chi connectivity index (χ2v) is 3.88. The van der Waals surface area contributed by atoms with Crippen molar-refractivity contribution in [3.05, 3.63) is 38.9 Å². The predicted molar refractivity (Wildman–Crippen MR) is 64.1 cm³/mol. The highest BCUT2D eigenvalue weighted by molar-refractivity contribution is 6.34. The number of nitrogens with one attached hydrogen (secondary N) is 1. The van der Waals surface area contributed by atoms with Gasteiger partial charge in [0.15, 0.2) is 6.04 Å². The number of nitro groups is 1. The van der Waals surface area contributed by atoms with E-state index in [0.29, 0.717) is 0 Å². The monoisotopic (exact) mass is 288 g/mol. The highest BCUT2D eigenvalue weighted by atomic mass is 35.5. The summed E-state index contributed by atoms with van der Waals surface area (Å²) in [6.45, 7) is -0.812. The number of carbonyl (C=O) groups is 2. The van der Waals surface area contributed by atoms with Gasteiger partial charge in [-0.25, -0.2) is 4.79 Å². The van der Waals surface area contributed by atoms with E-state index in [0.717, 1.165) is 18.2 Å². The molecule has 0 fully saturated rings. The first-order chi connectivity index (χ1) is 8.86. The molecule has 9 heteroatoms. The largest absolute Gasteiger partial charge is 0.480 e. The molecule has 102 valence electrons. The Kier molecular flexibility index (Phi) is 4.79. The van der Waals surface area contributed by atoms with Crippen LogP contribution in [0.4, 0.5) is 5.69 Å². The van der Waals surface area contributed by atoms with E-state index in [9.17, 15) is 19.7 Å². The first-order valence-corrected chi connectivity index (χ1v) is 5.33. The molecule has 0 saturated carbocycles. The molecule has 0 aromatic heterocycles. The minimum absolute atomic E-state index is 0.0646. The summed E-state index contributed by atoms with van der Waals surface area (Å²) in [6, 6.07) is 1.68. The lowest BCUT2D eigenvalue weighted by Crippen LogP contribution is -2.43. The van der Waals surface area contributed by atoms with Crippen LogP contribution in [0.2, 0.25) is 5.02 Å². The Morgan fingerprint density at radius 2 is 2.11 bits per heavy atom. The Morgan fingerprint density at radius 1 is 1.47 bits per heavy atom. The number of non-ortho nitro benzene ring substituents is 1. The number of nitro benzene ring substituents is 1. The van der Waals surface area contributed by atoms with Crippen LogP contribution >= 0.6 is 11.6 Å². The van der Waals surface area contributed by atoms with Gasteiger partial charge in [0.1, 0.15) is 0 Å². The molecule has 0 aliphatic heterocycles. The normalized spacial score (nSPS) is 11.7. The van der Waals surface area contributed by atoms with Gasteiger partial charge in [-0.1, -0.05) is 11.6 Å². The highest BCUT2D eigenvalue weighted by Crippen LogP contribution is 2.22. The molecular formula is C10H9ClN2O6. The Hall–Kier alpha value is -2.19. The van der Waals surface area contributed by atoms with Crippen LogP contribution in [0.5, 0.6) is 0 Å². The molecule has 0 aliphatic rings. The number of carboxylic acid groups (broad SMARTS) is 1. The van der Waals surface area contributed by atoms with Crippen molar-refractivity contribution in [1.29, 1.82) is 0 Å². The van der Waals surface area contributed by atoms with Crippen LogP contribution in [-0.4, -0.2) is 39.7 Å². The van der Waals surface area contributed by atoms with E-state index in [4.69, 9.17) is 21.8 Å². The molecular weight excluding hydrogens is 280 g/mol. The minimum atomic E-state index is -1.51. The average Bonchev–Trinajstić information content (AvgIpc) is 2.35. The first kappa shape index (κ1) is 14.9. The number of amides is 1. The lowest BCUT2D eigenvalue weighted by molar-refractivity contribution is -0.384. The van der Waals surface area contributed by atoms with Crippen molar-refractivity contribution in [3.63, 3.8) is 0 Å². The maximum atomic E-state index is 11.7. The highest BCUT2D eigenvalue weighted by Gasteiger charge is 2.22. The van der Waals surface area contributed by atoms with Gasteiger partial charge in [0.2, 0.25) is 0 Å². The number of benzene rings is 1. The number of rotatable bonds is 5. The molecule has 1 aromatic rings. The summed E-state index contributed by atoms with van der Waals surface area (Å²) in [7, 11) is 0. The summed E-state index contributed by atoms with van der Waals surface area (Å²) < 4.78 is 0. The standard InChI is InChI=1S/C10H9ClN2O6/c11-7-2-1-5(13(18)19)3-6(7)9(15)12-8(4-14)10(16)17/h1-3,8,14H,4H2,(H,12,15)(H,16,17)/t8-/m1/s1. The molecule has 8 nitrogen and oxygen atoms in total. The van der Waals surface area contributed by atoms with Crippen LogP contribution in [-0.2, 0) is 4.79 Å². The zero-order valence-electron chi connectivity index (χ0n) is 9.37. The molecule has 0 bridgehead atoms. The van der Waals surface area contributed by atoms with Crippen LogP contribution < -0.4 is 5.32 Å². The average molecular weight is 289 g/mol. The number of carboxylic acids is 1. The molecule has 0 spiro atoms. The summed E-state index contributed by atoms with van der Waals surface area (Å²) in [5.74, 6) is -2.35. The fourth-order valence-electron chi connectivity index (χ4n) is 1.22. The second-order valence-electron chi connectivity index (χ2n) is 3.47. The Balaban J connectivity index is 3.02. The summed E-state index contributed by atoms with van der Waals surface area (Å²) in [5.41, 5.74) is -0.596. The van der Waals surface area contributed by atoms with E-state index in [1.807, 2.05) is 5.32 Å². The van der Waals surface area contributed by atoms with Crippen LogP contribution in [0, 0.1) is 10.1 Å². The smallest absolute Gasteiger partial charge is 0.328 e. The fourth-order valence-corrected chi connectivity index (χ4v) is 1.43. The maximum Gasteiger partial charge on any atom is 0.328 e. The third-order valence-corrected chi connectivity index (χ3v) is 2.52. The Morgan fingerprint density at radius 3 is 2.58 bits per heavy atom. The molecule has 1 atom stereocenters. The van der Waals surface area contributed by atoms with Crippen molar-refractivity contribution in [2.24, 2.45) is 0 Å². The van der Waals surface area contributed by atoms with E-state index in [1.165, 1.54) is 0 Å². The number of halogens is 1. The van der Waals surface area contributed by atoms with Gasteiger partial charge in [-0.15, -0.1) is 0 Å². The number of hydrogen-bond donors (Lipinski definition) is 3. The lowest BCUT2D eigenvalue weighted by Gasteiger charge is -2.12. The minimum Gasteiger partial charge on any atom is -0.480 e. The number of aliphatic carboxylic acids is 1. The molecule has 0 radical (unpaired) electrons. The maximum absolute atomic E-state index is 11.7. The van der Waals surface area contributed by atoms with Gasteiger partial charge in [-0.05, 0) is 6.07 Å². The summed E-state index contributed by atoms with van der Waals surface area (Å²) >= 11 is 5.71. The van der Waals surface area contributed by atoms with E-state index >= 15 is 0 Å². The number of hydrogen-bond acceptors (Lipinski definition) is 5. The van der Waals surface area contributed by atoms with Crippen molar-refractivity contribution in [3.8, 4) is 0 Å². The topological polar surface area (TPSA) is 130 Å². The fraction of sp³-hybridized carbons (Fsp3) is 0.200.